The number of carbonyl (C=O) groups is 2. The van der Waals surface area contributed by atoms with Crippen molar-refractivity contribution in [3.05, 3.63) is 71.5 Å². The predicted octanol–water partition coefficient (Wildman–Crippen LogP) is 4.27. The van der Waals surface area contributed by atoms with Gasteiger partial charge >= 0.3 is 0 Å². The molecule has 3 atom stereocenters. The van der Waals surface area contributed by atoms with E-state index in [9.17, 15) is 14.0 Å². The van der Waals surface area contributed by atoms with Crippen LogP contribution in [0, 0.1) is 23.6 Å². The molecule has 5 rings (SSSR count). The zero-order valence-corrected chi connectivity index (χ0v) is 19.7. The van der Waals surface area contributed by atoms with E-state index < -0.39 is 0 Å². The van der Waals surface area contributed by atoms with Crippen molar-refractivity contribution in [1.29, 1.82) is 0 Å². The highest BCUT2D eigenvalue weighted by Crippen LogP contribution is 2.33. The molecule has 2 aromatic carbocycles. The smallest absolute Gasteiger partial charge is 0.253 e. The largest absolute Gasteiger partial charge is 0.349 e. The van der Waals surface area contributed by atoms with Crippen LogP contribution in [0.1, 0.15) is 54.1 Å². The van der Waals surface area contributed by atoms with Gasteiger partial charge in [0.05, 0.1) is 6.04 Å². The molecule has 0 radical (unpaired) electrons. The number of nitrogens with one attached hydrogen (secondary N) is 1. The number of fused-ring (bicyclic) bond motifs is 1. The molecule has 0 bridgehead atoms. The van der Waals surface area contributed by atoms with E-state index in [1.165, 1.54) is 17.7 Å². The molecule has 2 saturated heterocycles. The molecule has 180 valence electrons. The molecule has 1 saturated carbocycles. The van der Waals surface area contributed by atoms with Crippen molar-refractivity contribution in [1.82, 2.24) is 15.1 Å². The summed E-state index contributed by atoms with van der Waals surface area (Å²) in [6.45, 7) is 4.33. The molecule has 0 spiro atoms. The van der Waals surface area contributed by atoms with Crippen molar-refractivity contribution < 1.29 is 14.0 Å². The minimum absolute atomic E-state index is 0.0285. The molecule has 2 aromatic rings. The second-order valence-electron chi connectivity index (χ2n) is 10.2. The van der Waals surface area contributed by atoms with E-state index in [0.29, 0.717) is 17.4 Å². The van der Waals surface area contributed by atoms with E-state index in [4.69, 9.17) is 0 Å². The van der Waals surface area contributed by atoms with Crippen LogP contribution in [0.4, 0.5) is 4.39 Å². The molecular weight excluding hydrogens is 429 g/mol. The first kappa shape index (κ1) is 23.0. The fourth-order valence-electron chi connectivity index (χ4n) is 6.04. The second kappa shape index (κ2) is 10.3. The monoisotopic (exact) mass is 463 g/mol. The number of benzene rings is 2. The summed E-state index contributed by atoms with van der Waals surface area (Å²) in [4.78, 5) is 30.0. The average molecular weight is 464 g/mol. The minimum Gasteiger partial charge on any atom is -0.349 e. The molecule has 2 amide bonds. The fourth-order valence-corrected chi connectivity index (χ4v) is 6.04. The minimum atomic E-state index is -0.371. The zero-order valence-electron chi connectivity index (χ0n) is 19.7. The number of rotatable bonds is 7. The lowest BCUT2D eigenvalue weighted by atomic mass is 10.0. The van der Waals surface area contributed by atoms with E-state index in [1.54, 1.807) is 12.1 Å². The van der Waals surface area contributed by atoms with Gasteiger partial charge in [0.15, 0.2) is 0 Å². The van der Waals surface area contributed by atoms with Crippen molar-refractivity contribution in [3.63, 3.8) is 0 Å². The lowest BCUT2D eigenvalue weighted by Gasteiger charge is -2.25. The summed E-state index contributed by atoms with van der Waals surface area (Å²) in [6.07, 6.45) is 5.21. The van der Waals surface area contributed by atoms with Crippen LogP contribution < -0.4 is 5.32 Å². The Balaban J connectivity index is 1.15. The van der Waals surface area contributed by atoms with E-state index in [2.05, 4.69) is 22.3 Å². The van der Waals surface area contributed by atoms with Crippen molar-refractivity contribution in [2.24, 2.45) is 17.8 Å². The van der Waals surface area contributed by atoms with Crippen molar-refractivity contribution in [2.75, 3.05) is 32.7 Å². The van der Waals surface area contributed by atoms with Crippen LogP contribution >= 0.6 is 0 Å². The van der Waals surface area contributed by atoms with Crippen molar-refractivity contribution in [3.8, 4) is 0 Å². The number of hydrogen-bond donors (Lipinski definition) is 1. The molecule has 1 N–H and O–H groups in total. The normalized spacial score (nSPS) is 23.7. The van der Waals surface area contributed by atoms with Crippen LogP contribution in [0.3, 0.4) is 0 Å². The lowest BCUT2D eigenvalue weighted by molar-refractivity contribution is -0.125. The maximum atomic E-state index is 13.5. The Hall–Kier alpha value is -2.73. The summed E-state index contributed by atoms with van der Waals surface area (Å²) in [7, 11) is 0. The average Bonchev–Trinajstić information content (AvgIpc) is 3.59. The van der Waals surface area contributed by atoms with Gasteiger partial charge in [0, 0.05) is 44.2 Å². The van der Waals surface area contributed by atoms with Gasteiger partial charge in [-0.05, 0) is 54.9 Å². The lowest BCUT2D eigenvalue weighted by Crippen LogP contribution is -2.36. The van der Waals surface area contributed by atoms with Crippen molar-refractivity contribution in [2.45, 2.75) is 38.1 Å². The maximum Gasteiger partial charge on any atom is 0.253 e. The Morgan fingerprint density at radius 2 is 1.65 bits per heavy atom. The fraction of sp³-hybridized carbons (Fsp3) is 0.500. The van der Waals surface area contributed by atoms with Crippen LogP contribution in [0.5, 0.6) is 0 Å². The number of likely N-dealkylation sites (tertiary alicyclic amines) is 2. The molecule has 3 aliphatic rings. The molecule has 6 heteroatoms. The third-order valence-corrected chi connectivity index (χ3v) is 7.90. The van der Waals surface area contributed by atoms with Crippen molar-refractivity contribution >= 4 is 11.8 Å². The van der Waals surface area contributed by atoms with Crippen LogP contribution in [-0.2, 0) is 4.79 Å². The van der Waals surface area contributed by atoms with Gasteiger partial charge in [0.25, 0.3) is 5.91 Å². The summed E-state index contributed by atoms with van der Waals surface area (Å²) >= 11 is 0. The van der Waals surface area contributed by atoms with Crippen LogP contribution in [0.25, 0.3) is 0 Å². The third-order valence-electron chi connectivity index (χ3n) is 7.90. The zero-order chi connectivity index (χ0) is 23.5. The van der Waals surface area contributed by atoms with Gasteiger partial charge in [-0.15, -0.1) is 0 Å². The van der Waals surface area contributed by atoms with E-state index in [1.807, 2.05) is 23.1 Å². The van der Waals surface area contributed by atoms with Gasteiger partial charge in [-0.1, -0.05) is 49.2 Å². The molecular formula is C28H34FN3O2. The Bertz CT molecular complexity index is 994. The highest BCUT2D eigenvalue weighted by atomic mass is 19.1. The van der Waals surface area contributed by atoms with Gasteiger partial charge in [-0.3, -0.25) is 9.59 Å². The Morgan fingerprint density at radius 1 is 0.941 bits per heavy atom. The first-order valence-electron chi connectivity index (χ1n) is 12.7. The maximum absolute atomic E-state index is 13.5. The highest BCUT2D eigenvalue weighted by molar-refractivity contribution is 5.94. The molecule has 1 aliphatic carbocycles. The summed E-state index contributed by atoms with van der Waals surface area (Å²) in [5, 5.41) is 3.35. The summed E-state index contributed by atoms with van der Waals surface area (Å²) in [5.41, 5.74) is 1.60. The Labute approximate surface area is 201 Å². The number of hydrogen-bond acceptors (Lipinski definition) is 3. The first-order chi connectivity index (χ1) is 16.6. The van der Waals surface area contributed by atoms with Crippen LogP contribution in [-0.4, -0.2) is 54.3 Å². The van der Waals surface area contributed by atoms with Gasteiger partial charge in [0.2, 0.25) is 5.91 Å². The van der Waals surface area contributed by atoms with Crippen LogP contribution in [0.15, 0.2) is 54.6 Å². The summed E-state index contributed by atoms with van der Waals surface area (Å²) in [6, 6.07) is 16.3. The van der Waals surface area contributed by atoms with Gasteiger partial charge in [-0.25, -0.2) is 4.39 Å². The van der Waals surface area contributed by atoms with Crippen LogP contribution in [0.2, 0.25) is 0 Å². The molecule has 5 nitrogen and oxygen atoms in total. The number of carbonyl (C=O) groups excluding carboxylic acids is 2. The SMILES string of the molecule is O=C(N[C@@H](CCN1C[C@@H]2CN(C(=O)c3cccc(F)c3)C[C@@H]2C1)c1ccccc1)C1CCCC1. The molecule has 34 heavy (non-hydrogen) atoms. The molecule has 2 heterocycles. The van der Waals surface area contributed by atoms with Gasteiger partial charge in [0.1, 0.15) is 5.82 Å². The van der Waals surface area contributed by atoms with Gasteiger partial charge < -0.3 is 15.1 Å². The summed E-state index contributed by atoms with van der Waals surface area (Å²) < 4.78 is 13.5. The van der Waals surface area contributed by atoms with E-state index in [-0.39, 0.29) is 29.6 Å². The number of amides is 2. The third kappa shape index (κ3) is 5.17. The number of nitrogens with zero attached hydrogens (tertiary/aromatic N) is 2. The Morgan fingerprint density at radius 3 is 2.32 bits per heavy atom. The molecule has 2 aliphatic heterocycles. The van der Waals surface area contributed by atoms with E-state index in [0.717, 1.165) is 64.8 Å². The second-order valence-corrected chi connectivity index (χ2v) is 10.2. The quantitative estimate of drug-likeness (QED) is 0.667. The molecule has 3 fully saturated rings. The highest BCUT2D eigenvalue weighted by Gasteiger charge is 2.41. The summed E-state index contributed by atoms with van der Waals surface area (Å²) in [5.74, 6) is 0.847. The molecule has 0 unspecified atom stereocenters. The first-order valence-corrected chi connectivity index (χ1v) is 12.7. The molecule has 0 aromatic heterocycles. The predicted molar refractivity (Wildman–Crippen MR) is 130 cm³/mol. The van der Waals surface area contributed by atoms with Gasteiger partial charge in [-0.2, -0.15) is 0 Å². The Kier molecular flexibility index (Phi) is 6.95. The van der Waals surface area contributed by atoms with E-state index >= 15 is 0 Å². The topological polar surface area (TPSA) is 52.7 Å². The number of halogens is 1. The standard InChI is InChI=1S/C28H34FN3O2/c29-25-12-6-11-22(15-25)28(34)32-18-23-16-31(17-24(23)19-32)14-13-26(20-7-2-1-3-8-20)30-27(33)21-9-4-5-10-21/h1-3,6-8,11-12,15,21,23-24,26H,4-5,9-10,13-14,16-19H2,(H,30,33)/t23-,24+,26-/m0/s1.